The molecule has 1 fully saturated rings. The number of amides is 1. The minimum Gasteiger partial charge on any atom is -0.330 e. The molecule has 2 heterocycles. The van der Waals surface area contributed by atoms with Crippen molar-refractivity contribution in [1.82, 2.24) is 9.97 Å². The minimum atomic E-state index is -3.74. The lowest BCUT2D eigenvalue weighted by atomic mass is 10.2. The number of nitrogens with two attached hydrogens (primary N) is 1. The van der Waals surface area contributed by atoms with Gasteiger partial charge in [0.15, 0.2) is 6.04 Å². The van der Waals surface area contributed by atoms with E-state index in [0.29, 0.717) is 11.6 Å². The fourth-order valence-corrected chi connectivity index (χ4v) is 3.56. The van der Waals surface area contributed by atoms with Crippen molar-refractivity contribution >= 4 is 27.6 Å². The van der Waals surface area contributed by atoms with Gasteiger partial charge in [-0.15, -0.1) is 0 Å². The van der Waals surface area contributed by atoms with Crippen molar-refractivity contribution < 1.29 is 18.1 Å². The average molecular weight is 391 g/mol. The molecule has 1 atom stereocenters. The summed E-state index contributed by atoms with van der Waals surface area (Å²) in [6.07, 6.45) is 3.44. The first-order valence-corrected chi connectivity index (χ1v) is 10.2. The molecule has 0 saturated carbocycles. The molecule has 1 aromatic carbocycles. The number of quaternary nitrogens is 1. The van der Waals surface area contributed by atoms with Crippen molar-refractivity contribution in [2.45, 2.75) is 17.9 Å². The summed E-state index contributed by atoms with van der Waals surface area (Å²) in [5, 5.41) is 7.90. The maximum atomic E-state index is 12.5. The van der Waals surface area contributed by atoms with Gasteiger partial charge in [-0.3, -0.25) is 4.79 Å². The standard InChI is InChI=1S/C17H22N6O3S/c1-13(16(24)21-14-3-5-15(6-4-14)27(18,25)26)22-9-11-23(12-10-22)17-19-7-2-8-20-17/h2-8,13H,9-12H2,1H3,(H,21,24)(H2,18,25,26)/p+1/t13-/m1/s1. The highest BCUT2D eigenvalue weighted by Crippen LogP contribution is 2.13. The fourth-order valence-electron chi connectivity index (χ4n) is 3.05. The van der Waals surface area contributed by atoms with E-state index in [2.05, 4.69) is 20.2 Å². The summed E-state index contributed by atoms with van der Waals surface area (Å²) in [6.45, 7) is 5.05. The molecule has 0 unspecified atom stereocenters. The predicted octanol–water partition coefficient (Wildman–Crippen LogP) is -1.14. The van der Waals surface area contributed by atoms with Crippen LogP contribution in [0.4, 0.5) is 11.6 Å². The summed E-state index contributed by atoms with van der Waals surface area (Å²) in [4.78, 5) is 24.4. The van der Waals surface area contributed by atoms with Gasteiger partial charge in [0.2, 0.25) is 16.0 Å². The second-order valence-corrected chi connectivity index (χ2v) is 8.04. The number of hydrogen-bond donors (Lipinski definition) is 3. The Bertz CT molecular complexity index is 881. The number of sulfonamides is 1. The normalized spacial score (nSPS) is 16.7. The number of hydrogen-bond acceptors (Lipinski definition) is 6. The third-order valence-electron chi connectivity index (χ3n) is 4.70. The lowest BCUT2D eigenvalue weighted by Gasteiger charge is -2.34. The van der Waals surface area contributed by atoms with Gasteiger partial charge in [-0.05, 0) is 37.3 Å². The maximum Gasteiger partial charge on any atom is 0.282 e. The number of carbonyl (C=O) groups is 1. The SMILES string of the molecule is C[C@H](C(=O)Nc1ccc(S(N)(=O)=O)cc1)[NH+]1CCN(c2ncccn2)CC1. The number of anilines is 2. The Balaban J connectivity index is 1.55. The Labute approximate surface area is 158 Å². The Morgan fingerprint density at radius 3 is 2.33 bits per heavy atom. The van der Waals surface area contributed by atoms with Crippen LogP contribution in [-0.2, 0) is 14.8 Å². The topological polar surface area (TPSA) is 123 Å². The van der Waals surface area contributed by atoms with Crippen molar-refractivity contribution in [1.29, 1.82) is 0 Å². The van der Waals surface area contributed by atoms with E-state index in [-0.39, 0.29) is 16.8 Å². The highest BCUT2D eigenvalue weighted by molar-refractivity contribution is 7.89. The third kappa shape index (κ3) is 4.79. The van der Waals surface area contributed by atoms with Gasteiger partial charge >= 0.3 is 0 Å². The van der Waals surface area contributed by atoms with Crippen LogP contribution in [-0.4, -0.2) is 56.5 Å². The van der Waals surface area contributed by atoms with Crippen LogP contribution >= 0.6 is 0 Å². The number of piperazine rings is 1. The van der Waals surface area contributed by atoms with Gasteiger partial charge in [-0.2, -0.15) is 0 Å². The van der Waals surface area contributed by atoms with Gasteiger partial charge in [0.1, 0.15) is 0 Å². The molecule has 0 aliphatic carbocycles. The van der Waals surface area contributed by atoms with E-state index in [4.69, 9.17) is 5.14 Å². The fraction of sp³-hybridized carbons (Fsp3) is 0.353. The highest BCUT2D eigenvalue weighted by atomic mass is 32.2. The molecule has 0 bridgehead atoms. The van der Waals surface area contributed by atoms with Crippen LogP contribution in [0, 0.1) is 0 Å². The number of nitrogens with zero attached hydrogens (tertiary/aromatic N) is 3. The molecule has 1 saturated heterocycles. The second-order valence-electron chi connectivity index (χ2n) is 6.47. The van der Waals surface area contributed by atoms with Crippen LogP contribution < -0.4 is 20.3 Å². The summed E-state index contributed by atoms with van der Waals surface area (Å²) < 4.78 is 22.6. The lowest BCUT2D eigenvalue weighted by Crippen LogP contribution is -3.19. The molecule has 1 aliphatic heterocycles. The number of rotatable bonds is 5. The molecule has 1 aromatic heterocycles. The Kier molecular flexibility index (Phi) is 5.68. The molecule has 1 aliphatic rings. The summed E-state index contributed by atoms with van der Waals surface area (Å²) in [6, 6.07) is 7.37. The Morgan fingerprint density at radius 1 is 1.19 bits per heavy atom. The molecular formula is C17H23N6O3S+. The first kappa shape index (κ1) is 19.2. The molecule has 9 nitrogen and oxygen atoms in total. The monoisotopic (exact) mass is 391 g/mol. The van der Waals surface area contributed by atoms with Gasteiger partial charge in [0.25, 0.3) is 5.91 Å². The van der Waals surface area contributed by atoms with Crippen LogP contribution in [0.5, 0.6) is 0 Å². The Morgan fingerprint density at radius 2 is 1.78 bits per heavy atom. The second kappa shape index (κ2) is 7.99. The highest BCUT2D eigenvalue weighted by Gasteiger charge is 2.30. The minimum absolute atomic E-state index is 0.0124. The first-order chi connectivity index (χ1) is 12.8. The molecule has 0 radical (unpaired) electrons. The van der Waals surface area contributed by atoms with Crippen LogP contribution in [0.3, 0.4) is 0 Å². The molecule has 1 amide bonds. The molecule has 0 spiro atoms. The van der Waals surface area contributed by atoms with Crippen LogP contribution in [0.25, 0.3) is 0 Å². The van der Waals surface area contributed by atoms with Crippen molar-refractivity contribution in [2.75, 3.05) is 36.4 Å². The van der Waals surface area contributed by atoms with Crippen LogP contribution in [0.2, 0.25) is 0 Å². The zero-order valence-electron chi connectivity index (χ0n) is 15.0. The first-order valence-electron chi connectivity index (χ1n) is 8.65. The molecular weight excluding hydrogens is 368 g/mol. The average Bonchev–Trinajstić information content (AvgIpc) is 2.68. The van der Waals surface area contributed by atoms with Gasteiger partial charge < -0.3 is 15.1 Å². The van der Waals surface area contributed by atoms with Crippen molar-refractivity contribution in [3.63, 3.8) is 0 Å². The number of primary sulfonamides is 1. The predicted molar refractivity (Wildman–Crippen MR) is 101 cm³/mol. The van der Waals surface area contributed by atoms with E-state index >= 15 is 0 Å². The molecule has 4 N–H and O–H groups in total. The number of carbonyl (C=O) groups excluding carboxylic acids is 1. The van der Waals surface area contributed by atoms with E-state index in [1.54, 1.807) is 18.5 Å². The number of benzene rings is 1. The molecule has 10 heteroatoms. The van der Waals surface area contributed by atoms with E-state index in [1.165, 1.54) is 29.2 Å². The van der Waals surface area contributed by atoms with E-state index < -0.39 is 10.0 Å². The van der Waals surface area contributed by atoms with E-state index in [1.807, 2.05) is 6.92 Å². The van der Waals surface area contributed by atoms with Crippen molar-refractivity contribution in [3.8, 4) is 0 Å². The van der Waals surface area contributed by atoms with Gasteiger partial charge in [-0.25, -0.2) is 23.5 Å². The zero-order valence-corrected chi connectivity index (χ0v) is 15.8. The summed E-state index contributed by atoms with van der Waals surface area (Å²) in [5.41, 5.74) is 0.537. The maximum absolute atomic E-state index is 12.5. The van der Waals surface area contributed by atoms with Crippen LogP contribution in [0.15, 0.2) is 47.6 Å². The van der Waals surface area contributed by atoms with Gasteiger partial charge in [0.05, 0.1) is 31.1 Å². The van der Waals surface area contributed by atoms with Gasteiger partial charge in [-0.1, -0.05) is 0 Å². The number of nitrogens with one attached hydrogen (secondary N) is 2. The number of aromatic nitrogens is 2. The summed E-state index contributed by atoms with van der Waals surface area (Å²) >= 11 is 0. The van der Waals surface area contributed by atoms with Crippen LogP contribution in [0.1, 0.15) is 6.92 Å². The molecule has 3 rings (SSSR count). The lowest BCUT2D eigenvalue weighted by molar-refractivity contribution is -0.914. The third-order valence-corrected chi connectivity index (χ3v) is 5.63. The largest absolute Gasteiger partial charge is 0.330 e. The van der Waals surface area contributed by atoms with E-state index in [0.717, 1.165) is 26.2 Å². The Hall–Kier alpha value is -2.56. The summed E-state index contributed by atoms with van der Waals surface area (Å²) in [7, 11) is -3.74. The quantitative estimate of drug-likeness (QED) is 0.592. The van der Waals surface area contributed by atoms with E-state index in [9.17, 15) is 13.2 Å². The van der Waals surface area contributed by atoms with Crippen molar-refractivity contribution in [3.05, 3.63) is 42.7 Å². The molecule has 2 aromatic rings. The van der Waals surface area contributed by atoms with Gasteiger partial charge in [0, 0.05) is 18.1 Å². The zero-order chi connectivity index (χ0) is 19.4. The molecule has 27 heavy (non-hydrogen) atoms. The summed E-state index contributed by atoms with van der Waals surface area (Å²) in [5.74, 6) is 0.598. The smallest absolute Gasteiger partial charge is 0.282 e. The van der Waals surface area contributed by atoms with Crippen molar-refractivity contribution in [2.24, 2.45) is 5.14 Å². The molecule has 144 valence electrons.